The van der Waals surface area contributed by atoms with E-state index in [0.29, 0.717) is 17.8 Å². The fourth-order valence-corrected chi connectivity index (χ4v) is 2.40. The minimum Gasteiger partial charge on any atom is -0.421 e. The first-order chi connectivity index (χ1) is 10.7. The van der Waals surface area contributed by atoms with E-state index in [2.05, 4.69) is 49.5 Å². The number of nitrogens with one attached hydrogen (secondary N) is 1. The highest BCUT2D eigenvalue weighted by atomic mass is 16.4. The van der Waals surface area contributed by atoms with Gasteiger partial charge in [-0.2, -0.15) is 0 Å². The second-order valence-electron chi connectivity index (χ2n) is 5.51. The average molecular weight is 293 g/mol. The van der Waals surface area contributed by atoms with Gasteiger partial charge in [-0.3, -0.25) is 0 Å². The van der Waals surface area contributed by atoms with Crippen molar-refractivity contribution < 1.29 is 4.42 Å². The predicted molar refractivity (Wildman–Crippen MR) is 90.4 cm³/mol. The second-order valence-corrected chi connectivity index (χ2v) is 5.51. The van der Waals surface area contributed by atoms with Crippen molar-refractivity contribution in [2.24, 2.45) is 0 Å². The van der Waals surface area contributed by atoms with E-state index in [9.17, 15) is 4.79 Å². The van der Waals surface area contributed by atoms with Crippen LogP contribution in [0.1, 0.15) is 23.6 Å². The number of hydrogen-bond donors (Lipinski definition) is 1. The van der Waals surface area contributed by atoms with E-state index < -0.39 is 0 Å². The highest BCUT2D eigenvalue weighted by Crippen LogP contribution is 2.18. The molecule has 0 amide bonds. The molecule has 1 heterocycles. The van der Waals surface area contributed by atoms with Gasteiger partial charge in [-0.25, -0.2) is 4.79 Å². The molecule has 3 rings (SSSR count). The maximum absolute atomic E-state index is 12.1. The normalized spacial score (nSPS) is 10.8. The summed E-state index contributed by atoms with van der Waals surface area (Å²) in [5, 5.41) is 4.10. The Labute approximate surface area is 129 Å². The van der Waals surface area contributed by atoms with Crippen molar-refractivity contribution in [1.82, 2.24) is 0 Å². The summed E-state index contributed by atoms with van der Waals surface area (Å²) in [6.07, 6.45) is 0.924. The van der Waals surface area contributed by atoms with Gasteiger partial charge in [0.05, 0.1) is 0 Å². The Bertz CT molecular complexity index is 847. The average Bonchev–Trinajstić information content (AvgIpc) is 2.54. The number of fused-ring (bicyclic) bond motifs is 1. The van der Waals surface area contributed by atoms with Gasteiger partial charge in [0.25, 0.3) is 0 Å². The van der Waals surface area contributed by atoms with E-state index in [1.807, 2.05) is 18.2 Å². The molecule has 0 aliphatic heterocycles. The van der Waals surface area contributed by atoms with Gasteiger partial charge in [0.15, 0.2) is 0 Å². The Morgan fingerprint density at radius 2 is 1.73 bits per heavy atom. The first-order valence-corrected chi connectivity index (χ1v) is 7.52. The second kappa shape index (κ2) is 6.06. The van der Waals surface area contributed by atoms with Crippen LogP contribution in [0.25, 0.3) is 11.0 Å². The van der Waals surface area contributed by atoms with Crippen LogP contribution in [0.5, 0.6) is 0 Å². The molecule has 0 aliphatic rings. The molecule has 1 aromatic heterocycles. The summed E-state index contributed by atoms with van der Waals surface area (Å²) in [6, 6.07) is 16.1. The molecule has 0 radical (unpaired) electrons. The topological polar surface area (TPSA) is 42.2 Å². The summed E-state index contributed by atoms with van der Waals surface area (Å²) in [5.41, 5.74) is 4.33. The Hall–Kier alpha value is -2.55. The van der Waals surface area contributed by atoms with Crippen molar-refractivity contribution in [3.05, 3.63) is 75.6 Å². The Kier molecular flexibility index (Phi) is 3.96. The van der Waals surface area contributed by atoms with Gasteiger partial charge in [-0.1, -0.05) is 48.9 Å². The maximum atomic E-state index is 12.1. The van der Waals surface area contributed by atoms with Gasteiger partial charge in [0, 0.05) is 11.9 Å². The summed E-state index contributed by atoms with van der Waals surface area (Å²) in [4.78, 5) is 12.1. The molecule has 3 aromatic rings. The third kappa shape index (κ3) is 3.03. The third-order valence-electron chi connectivity index (χ3n) is 3.81. The standard InChI is InChI=1S/C19H19NO2/c1-3-14-8-9-16-11-17(19(21)22-18(16)10-14)20-12-15-6-4-13(2)5-7-15/h4-11,20H,3,12H2,1-2H3. The van der Waals surface area contributed by atoms with Crippen molar-refractivity contribution in [3.63, 3.8) is 0 Å². The molecule has 0 saturated heterocycles. The lowest BCUT2D eigenvalue weighted by atomic mass is 10.1. The first kappa shape index (κ1) is 14.4. The number of hydrogen-bond acceptors (Lipinski definition) is 3. The van der Waals surface area contributed by atoms with Gasteiger partial charge < -0.3 is 9.73 Å². The summed E-state index contributed by atoms with van der Waals surface area (Å²) in [5.74, 6) is 0. The molecular weight excluding hydrogens is 274 g/mol. The van der Waals surface area contributed by atoms with Crippen molar-refractivity contribution in [2.75, 3.05) is 5.32 Å². The van der Waals surface area contributed by atoms with Crippen molar-refractivity contribution in [2.45, 2.75) is 26.8 Å². The van der Waals surface area contributed by atoms with Crippen LogP contribution in [0.3, 0.4) is 0 Å². The highest BCUT2D eigenvalue weighted by Gasteiger charge is 2.05. The summed E-state index contributed by atoms with van der Waals surface area (Å²) >= 11 is 0. The molecule has 112 valence electrons. The Balaban J connectivity index is 1.86. The SMILES string of the molecule is CCc1ccc2cc(NCc3ccc(C)cc3)c(=O)oc2c1. The lowest BCUT2D eigenvalue weighted by molar-refractivity contribution is 0.562. The summed E-state index contributed by atoms with van der Waals surface area (Å²) < 4.78 is 5.42. The summed E-state index contributed by atoms with van der Waals surface area (Å²) in [7, 11) is 0. The van der Waals surface area contributed by atoms with Crippen LogP contribution in [-0.4, -0.2) is 0 Å². The van der Waals surface area contributed by atoms with Crippen molar-refractivity contribution >= 4 is 16.7 Å². The van der Waals surface area contributed by atoms with Crippen LogP contribution in [0, 0.1) is 6.92 Å². The molecular formula is C19H19NO2. The first-order valence-electron chi connectivity index (χ1n) is 7.52. The number of anilines is 1. The lowest BCUT2D eigenvalue weighted by Gasteiger charge is -2.07. The molecule has 0 unspecified atom stereocenters. The fraction of sp³-hybridized carbons (Fsp3) is 0.211. The number of benzene rings is 2. The Morgan fingerprint density at radius 3 is 2.45 bits per heavy atom. The predicted octanol–water partition coefficient (Wildman–Crippen LogP) is 4.28. The van der Waals surface area contributed by atoms with Gasteiger partial charge in [-0.15, -0.1) is 0 Å². The third-order valence-corrected chi connectivity index (χ3v) is 3.81. The van der Waals surface area contributed by atoms with Crippen molar-refractivity contribution in [1.29, 1.82) is 0 Å². The molecule has 0 fully saturated rings. The van der Waals surface area contributed by atoms with E-state index >= 15 is 0 Å². The molecule has 0 saturated carbocycles. The van der Waals surface area contributed by atoms with E-state index in [0.717, 1.165) is 22.9 Å². The smallest absolute Gasteiger partial charge is 0.359 e. The largest absolute Gasteiger partial charge is 0.421 e. The zero-order valence-electron chi connectivity index (χ0n) is 12.8. The van der Waals surface area contributed by atoms with Crippen LogP contribution < -0.4 is 10.9 Å². The quantitative estimate of drug-likeness (QED) is 0.730. The fourth-order valence-electron chi connectivity index (χ4n) is 2.40. The van der Waals surface area contributed by atoms with Gasteiger partial charge >= 0.3 is 5.63 Å². The van der Waals surface area contributed by atoms with E-state index in [4.69, 9.17) is 4.42 Å². The van der Waals surface area contributed by atoms with Crippen LogP contribution in [0.2, 0.25) is 0 Å². The minimum atomic E-state index is -0.326. The number of aryl methyl sites for hydroxylation is 2. The minimum absolute atomic E-state index is 0.326. The highest BCUT2D eigenvalue weighted by molar-refractivity contribution is 5.80. The molecule has 1 N–H and O–H groups in total. The van der Waals surface area contributed by atoms with Crippen LogP contribution in [-0.2, 0) is 13.0 Å². The molecule has 0 atom stereocenters. The molecule has 22 heavy (non-hydrogen) atoms. The number of rotatable bonds is 4. The maximum Gasteiger partial charge on any atom is 0.359 e. The van der Waals surface area contributed by atoms with Gasteiger partial charge in [0.1, 0.15) is 11.3 Å². The monoisotopic (exact) mass is 293 g/mol. The van der Waals surface area contributed by atoms with Crippen LogP contribution >= 0.6 is 0 Å². The Morgan fingerprint density at radius 1 is 1.00 bits per heavy atom. The zero-order chi connectivity index (χ0) is 15.5. The molecule has 0 bridgehead atoms. The van der Waals surface area contributed by atoms with Crippen molar-refractivity contribution in [3.8, 4) is 0 Å². The molecule has 2 aromatic carbocycles. The van der Waals surface area contributed by atoms with Crippen LogP contribution in [0.4, 0.5) is 5.69 Å². The van der Waals surface area contributed by atoms with E-state index in [1.54, 1.807) is 0 Å². The van der Waals surface area contributed by atoms with Crippen LogP contribution in [0.15, 0.2) is 57.7 Å². The molecule has 3 heteroatoms. The van der Waals surface area contributed by atoms with E-state index in [-0.39, 0.29) is 5.63 Å². The summed E-state index contributed by atoms with van der Waals surface area (Å²) in [6.45, 7) is 4.74. The lowest BCUT2D eigenvalue weighted by Crippen LogP contribution is -2.10. The molecule has 0 spiro atoms. The van der Waals surface area contributed by atoms with Gasteiger partial charge in [-0.05, 0) is 36.6 Å². The molecule has 0 aliphatic carbocycles. The van der Waals surface area contributed by atoms with Gasteiger partial charge in [0.2, 0.25) is 0 Å². The zero-order valence-corrected chi connectivity index (χ0v) is 12.8. The molecule has 3 nitrogen and oxygen atoms in total. The van der Waals surface area contributed by atoms with E-state index in [1.165, 1.54) is 5.56 Å².